The molecule has 0 radical (unpaired) electrons. The maximum atomic E-state index is 11.6. The fourth-order valence-electron chi connectivity index (χ4n) is 1.57. The number of nitrogens with two attached hydrogens (primary N) is 1. The highest BCUT2D eigenvalue weighted by Gasteiger charge is 2.33. The summed E-state index contributed by atoms with van der Waals surface area (Å²) in [5.74, 6) is 0.359. The number of aromatic nitrogens is 3. The number of rotatable bonds is 2. The zero-order valence-corrected chi connectivity index (χ0v) is 9.45. The van der Waals surface area contributed by atoms with Gasteiger partial charge in [-0.15, -0.1) is 5.10 Å². The molecule has 8 heteroatoms. The monoisotopic (exact) mass is 241 g/mol. The minimum absolute atomic E-state index is 0.00847. The molecule has 2 rings (SSSR count). The van der Waals surface area contributed by atoms with Crippen LogP contribution in [0.25, 0.3) is 0 Å². The molecule has 0 aliphatic carbocycles. The van der Waals surface area contributed by atoms with Crippen molar-refractivity contribution in [3.8, 4) is 0 Å². The van der Waals surface area contributed by atoms with Gasteiger partial charge < -0.3 is 5.73 Å². The van der Waals surface area contributed by atoms with Crippen LogP contribution in [-0.4, -0.2) is 38.0 Å². The maximum absolute atomic E-state index is 11.6. The van der Waals surface area contributed by atoms with Gasteiger partial charge >= 0.3 is 0 Å². The highest BCUT2D eigenvalue weighted by atomic mass is 32.2. The predicted octanol–water partition coefficient (Wildman–Crippen LogP) is -0.228. The average Bonchev–Trinajstić information content (AvgIpc) is 2.72. The third-order valence-electron chi connectivity index (χ3n) is 2.15. The topological polar surface area (TPSA) is 105 Å². The number of amides is 1. The molecule has 0 aromatic carbocycles. The summed E-state index contributed by atoms with van der Waals surface area (Å²) in [5.41, 5.74) is 5.38. The third kappa shape index (κ3) is 2.16. The Morgan fingerprint density at radius 1 is 1.69 bits per heavy atom. The molecule has 1 fully saturated rings. The SMILES string of the molecule is CC(=O)SC1CC(=O)N(c2n[nH]c(N)n2)C1. The molecule has 1 aromatic rings. The van der Waals surface area contributed by atoms with E-state index >= 15 is 0 Å². The number of hydrogen-bond acceptors (Lipinski definition) is 6. The Morgan fingerprint density at radius 2 is 2.44 bits per heavy atom. The van der Waals surface area contributed by atoms with Gasteiger partial charge in [-0.1, -0.05) is 11.8 Å². The van der Waals surface area contributed by atoms with Crippen molar-refractivity contribution in [3.63, 3.8) is 0 Å². The highest BCUT2D eigenvalue weighted by Crippen LogP contribution is 2.26. The lowest BCUT2D eigenvalue weighted by Crippen LogP contribution is -2.26. The van der Waals surface area contributed by atoms with Crippen molar-refractivity contribution in [1.82, 2.24) is 15.2 Å². The number of H-pyrrole nitrogens is 1. The fraction of sp³-hybridized carbons (Fsp3) is 0.500. The van der Waals surface area contributed by atoms with Gasteiger partial charge in [-0.05, 0) is 0 Å². The molecular weight excluding hydrogens is 230 g/mol. The summed E-state index contributed by atoms with van der Waals surface area (Å²) in [6, 6.07) is 0. The fourth-order valence-corrected chi connectivity index (χ4v) is 2.49. The quantitative estimate of drug-likeness (QED) is 0.741. The molecule has 86 valence electrons. The Morgan fingerprint density at radius 3 is 3.00 bits per heavy atom. The van der Waals surface area contributed by atoms with Crippen molar-refractivity contribution in [2.45, 2.75) is 18.6 Å². The molecule has 16 heavy (non-hydrogen) atoms. The van der Waals surface area contributed by atoms with Gasteiger partial charge in [0.1, 0.15) is 0 Å². The summed E-state index contributed by atoms with van der Waals surface area (Å²) < 4.78 is 0. The van der Waals surface area contributed by atoms with E-state index in [9.17, 15) is 9.59 Å². The van der Waals surface area contributed by atoms with Gasteiger partial charge in [-0.25, -0.2) is 5.10 Å². The van der Waals surface area contributed by atoms with Crippen molar-refractivity contribution in [2.24, 2.45) is 0 Å². The number of thioether (sulfide) groups is 1. The van der Waals surface area contributed by atoms with Crippen LogP contribution < -0.4 is 10.6 Å². The van der Waals surface area contributed by atoms with Crippen LogP contribution in [0.2, 0.25) is 0 Å². The van der Waals surface area contributed by atoms with Crippen LogP contribution in [-0.2, 0) is 9.59 Å². The molecular formula is C8H11N5O2S. The number of carbonyl (C=O) groups is 2. The molecule has 7 nitrogen and oxygen atoms in total. The molecule has 1 aliphatic heterocycles. The molecule has 0 bridgehead atoms. The van der Waals surface area contributed by atoms with Crippen molar-refractivity contribution in [1.29, 1.82) is 0 Å². The summed E-state index contributed by atoms with van der Waals surface area (Å²) >= 11 is 1.17. The first-order chi connectivity index (χ1) is 7.56. The van der Waals surface area contributed by atoms with Crippen molar-refractivity contribution >= 4 is 34.7 Å². The minimum Gasteiger partial charge on any atom is -0.368 e. The summed E-state index contributed by atoms with van der Waals surface area (Å²) in [6.07, 6.45) is 0.332. The van der Waals surface area contributed by atoms with E-state index in [1.54, 1.807) is 0 Å². The minimum atomic E-state index is -0.0854. The Hall–Kier alpha value is -1.57. The Labute approximate surface area is 95.8 Å². The third-order valence-corrected chi connectivity index (χ3v) is 3.14. The molecule has 1 amide bonds. The van der Waals surface area contributed by atoms with E-state index in [0.717, 1.165) is 0 Å². The van der Waals surface area contributed by atoms with Crippen LogP contribution >= 0.6 is 11.8 Å². The van der Waals surface area contributed by atoms with Gasteiger partial charge in [0.25, 0.3) is 5.95 Å². The molecule has 1 unspecified atom stereocenters. The van der Waals surface area contributed by atoms with E-state index in [0.29, 0.717) is 13.0 Å². The van der Waals surface area contributed by atoms with E-state index < -0.39 is 0 Å². The lowest BCUT2D eigenvalue weighted by Gasteiger charge is -2.10. The van der Waals surface area contributed by atoms with Crippen LogP contribution in [0.4, 0.5) is 11.9 Å². The molecule has 1 atom stereocenters. The second kappa shape index (κ2) is 4.12. The summed E-state index contributed by atoms with van der Waals surface area (Å²) in [4.78, 5) is 27.9. The van der Waals surface area contributed by atoms with Gasteiger partial charge in [-0.3, -0.25) is 14.5 Å². The maximum Gasteiger partial charge on any atom is 0.253 e. The molecule has 3 N–H and O–H groups in total. The first-order valence-corrected chi connectivity index (χ1v) is 5.59. The highest BCUT2D eigenvalue weighted by molar-refractivity contribution is 8.14. The van der Waals surface area contributed by atoms with Gasteiger partial charge in [0.15, 0.2) is 5.12 Å². The summed E-state index contributed by atoms with van der Waals surface area (Å²) in [6.45, 7) is 1.93. The van der Waals surface area contributed by atoms with Gasteiger partial charge in [0.05, 0.1) is 0 Å². The van der Waals surface area contributed by atoms with E-state index in [1.807, 2.05) is 0 Å². The molecule has 1 aromatic heterocycles. The molecule has 1 aliphatic rings. The van der Waals surface area contributed by atoms with Crippen LogP contribution in [0.1, 0.15) is 13.3 Å². The van der Waals surface area contributed by atoms with Crippen LogP contribution in [0, 0.1) is 0 Å². The lowest BCUT2D eigenvalue weighted by atomic mass is 10.4. The van der Waals surface area contributed by atoms with Crippen molar-refractivity contribution < 1.29 is 9.59 Å². The summed E-state index contributed by atoms with van der Waals surface area (Å²) in [5, 5.41) is 6.27. The number of hydrogen-bond donors (Lipinski definition) is 2. The van der Waals surface area contributed by atoms with Crippen LogP contribution in [0.15, 0.2) is 0 Å². The summed E-state index contributed by atoms with van der Waals surface area (Å²) in [7, 11) is 0. The van der Waals surface area contributed by atoms with E-state index in [4.69, 9.17) is 5.73 Å². The standard InChI is InChI=1S/C8H11N5O2S/c1-4(14)16-5-2-6(15)13(3-5)8-10-7(9)11-12-8/h5H,2-3H2,1H3,(H3,9,10,11,12). The van der Waals surface area contributed by atoms with Gasteiger partial charge in [-0.2, -0.15) is 4.98 Å². The van der Waals surface area contributed by atoms with Gasteiger partial charge in [0, 0.05) is 25.1 Å². The van der Waals surface area contributed by atoms with Crippen molar-refractivity contribution in [2.75, 3.05) is 17.2 Å². The Balaban J connectivity index is 2.08. The van der Waals surface area contributed by atoms with Gasteiger partial charge in [0.2, 0.25) is 11.9 Å². The Kier molecular flexibility index (Phi) is 2.82. The average molecular weight is 241 g/mol. The van der Waals surface area contributed by atoms with Crippen molar-refractivity contribution in [3.05, 3.63) is 0 Å². The number of nitrogen functional groups attached to an aromatic ring is 1. The van der Waals surface area contributed by atoms with Crippen LogP contribution in [0.3, 0.4) is 0 Å². The predicted molar refractivity (Wildman–Crippen MR) is 59.8 cm³/mol. The molecule has 1 saturated heterocycles. The van der Waals surface area contributed by atoms with E-state index in [1.165, 1.54) is 23.6 Å². The smallest absolute Gasteiger partial charge is 0.253 e. The first kappa shape index (κ1) is 10.9. The number of aromatic amines is 1. The normalized spacial score (nSPS) is 20.4. The van der Waals surface area contributed by atoms with Crippen LogP contribution in [0.5, 0.6) is 0 Å². The second-order valence-corrected chi connectivity index (χ2v) is 4.94. The lowest BCUT2D eigenvalue weighted by molar-refractivity contribution is -0.117. The number of anilines is 2. The first-order valence-electron chi connectivity index (χ1n) is 4.71. The van der Waals surface area contributed by atoms with E-state index in [-0.39, 0.29) is 28.2 Å². The molecule has 2 heterocycles. The number of nitrogens with zero attached hydrogens (tertiary/aromatic N) is 3. The largest absolute Gasteiger partial charge is 0.368 e. The number of nitrogens with one attached hydrogen (secondary N) is 1. The zero-order valence-electron chi connectivity index (χ0n) is 8.64. The molecule has 0 saturated carbocycles. The Bertz CT molecular complexity index is 432. The van der Waals surface area contributed by atoms with E-state index in [2.05, 4.69) is 15.2 Å². The zero-order chi connectivity index (χ0) is 11.7. The second-order valence-electron chi connectivity index (χ2n) is 3.46. The molecule has 0 spiro atoms. The number of carbonyl (C=O) groups excluding carboxylic acids is 2.